The van der Waals surface area contributed by atoms with Crippen molar-refractivity contribution in [1.29, 1.82) is 0 Å². The fraction of sp³-hybridized carbons (Fsp3) is 0.471. The highest BCUT2D eigenvalue weighted by Gasteiger charge is 2.27. The smallest absolute Gasteiger partial charge is 0.412 e. The Labute approximate surface area is 149 Å². The fourth-order valence-corrected chi connectivity index (χ4v) is 3.63. The predicted octanol–water partition coefficient (Wildman–Crippen LogP) is 3.12. The van der Waals surface area contributed by atoms with Gasteiger partial charge in [-0.15, -0.1) is 11.3 Å². The van der Waals surface area contributed by atoms with E-state index < -0.39 is 11.7 Å². The molecule has 8 heteroatoms. The molecule has 0 spiro atoms. The Morgan fingerprint density at radius 1 is 1.32 bits per heavy atom. The minimum atomic E-state index is -0.619. The SMILES string of the molecule is CC(C)(C)OC(=O)Nc1c(C(=O)N2CCOCC2)sc2cnccc12. The zero-order valence-electron chi connectivity index (χ0n) is 14.5. The third-order valence-electron chi connectivity index (χ3n) is 3.61. The molecule has 0 radical (unpaired) electrons. The third-order valence-corrected chi connectivity index (χ3v) is 4.74. The van der Waals surface area contributed by atoms with Crippen molar-refractivity contribution >= 4 is 39.1 Å². The van der Waals surface area contributed by atoms with Gasteiger partial charge in [-0.25, -0.2) is 4.79 Å². The van der Waals surface area contributed by atoms with Crippen LogP contribution in [0.15, 0.2) is 18.5 Å². The number of aromatic nitrogens is 1. The van der Waals surface area contributed by atoms with Crippen LogP contribution in [0.5, 0.6) is 0 Å². The van der Waals surface area contributed by atoms with Gasteiger partial charge in [0.1, 0.15) is 10.5 Å². The lowest BCUT2D eigenvalue weighted by molar-refractivity contribution is 0.0307. The number of nitrogens with one attached hydrogen (secondary N) is 1. The number of morpholine rings is 1. The van der Waals surface area contributed by atoms with Crippen molar-refractivity contribution in [2.45, 2.75) is 26.4 Å². The number of rotatable bonds is 2. The Morgan fingerprint density at radius 3 is 2.72 bits per heavy atom. The molecule has 3 heterocycles. The number of hydrogen-bond acceptors (Lipinski definition) is 6. The van der Waals surface area contributed by atoms with E-state index in [2.05, 4.69) is 10.3 Å². The maximum atomic E-state index is 12.9. The maximum Gasteiger partial charge on any atom is 0.412 e. The topological polar surface area (TPSA) is 80.8 Å². The van der Waals surface area contributed by atoms with Crippen molar-refractivity contribution in [3.05, 3.63) is 23.3 Å². The molecule has 7 nitrogen and oxygen atoms in total. The van der Waals surface area contributed by atoms with Crippen molar-refractivity contribution in [3.8, 4) is 0 Å². The summed E-state index contributed by atoms with van der Waals surface area (Å²) >= 11 is 1.32. The molecule has 1 saturated heterocycles. The fourth-order valence-electron chi connectivity index (χ4n) is 2.54. The number of anilines is 1. The van der Waals surface area contributed by atoms with E-state index >= 15 is 0 Å². The highest BCUT2D eigenvalue weighted by Crippen LogP contribution is 2.36. The van der Waals surface area contributed by atoms with Gasteiger partial charge in [-0.05, 0) is 26.8 Å². The first-order valence-electron chi connectivity index (χ1n) is 8.09. The molecule has 0 atom stereocenters. The van der Waals surface area contributed by atoms with Crippen molar-refractivity contribution < 1.29 is 19.1 Å². The van der Waals surface area contributed by atoms with Crippen molar-refractivity contribution in [2.75, 3.05) is 31.6 Å². The third kappa shape index (κ3) is 4.08. The van der Waals surface area contributed by atoms with Crippen LogP contribution in [0.2, 0.25) is 0 Å². The number of pyridine rings is 1. The zero-order valence-corrected chi connectivity index (χ0v) is 15.3. The molecule has 2 aromatic heterocycles. The Balaban J connectivity index is 1.94. The highest BCUT2D eigenvalue weighted by atomic mass is 32.1. The van der Waals surface area contributed by atoms with Gasteiger partial charge in [0.25, 0.3) is 5.91 Å². The summed E-state index contributed by atoms with van der Waals surface area (Å²) in [5.74, 6) is -0.115. The summed E-state index contributed by atoms with van der Waals surface area (Å²) in [6.07, 6.45) is 2.74. The van der Waals surface area contributed by atoms with Crippen LogP contribution in [0, 0.1) is 0 Å². The van der Waals surface area contributed by atoms with E-state index in [0.717, 1.165) is 10.1 Å². The molecule has 25 heavy (non-hydrogen) atoms. The molecule has 0 aromatic carbocycles. The molecule has 1 fully saturated rings. The molecule has 134 valence electrons. The summed E-state index contributed by atoms with van der Waals surface area (Å²) in [5.41, 5.74) is -0.139. The summed E-state index contributed by atoms with van der Waals surface area (Å²) in [7, 11) is 0. The molecule has 1 N–H and O–H groups in total. The lowest BCUT2D eigenvalue weighted by atomic mass is 10.2. The molecule has 0 saturated carbocycles. The Kier molecular flexibility index (Phi) is 4.91. The highest BCUT2D eigenvalue weighted by molar-refractivity contribution is 7.21. The van der Waals surface area contributed by atoms with Gasteiger partial charge in [-0.2, -0.15) is 0 Å². The van der Waals surface area contributed by atoms with Crippen LogP contribution < -0.4 is 5.32 Å². The minimum Gasteiger partial charge on any atom is -0.444 e. The first-order chi connectivity index (χ1) is 11.8. The van der Waals surface area contributed by atoms with E-state index in [1.165, 1.54) is 11.3 Å². The van der Waals surface area contributed by atoms with E-state index in [0.29, 0.717) is 36.9 Å². The molecule has 0 bridgehead atoms. The van der Waals surface area contributed by atoms with Crippen molar-refractivity contribution in [1.82, 2.24) is 9.88 Å². The van der Waals surface area contributed by atoms with Crippen LogP contribution in [0.3, 0.4) is 0 Å². The predicted molar refractivity (Wildman–Crippen MR) is 96.2 cm³/mol. The molecule has 1 aliphatic rings. The molecule has 0 unspecified atom stereocenters. The molecule has 2 aromatic rings. The Bertz CT molecular complexity index is 791. The maximum absolute atomic E-state index is 12.9. The molecule has 1 aliphatic heterocycles. The second-order valence-corrected chi connectivity index (χ2v) is 7.76. The monoisotopic (exact) mass is 363 g/mol. The van der Waals surface area contributed by atoms with Gasteiger partial charge in [0.05, 0.1) is 23.6 Å². The number of nitrogens with zero attached hydrogens (tertiary/aromatic N) is 2. The van der Waals surface area contributed by atoms with Gasteiger partial charge in [0.2, 0.25) is 0 Å². The van der Waals surface area contributed by atoms with Gasteiger partial charge >= 0.3 is 6.09 Å². The van der Waals surface area contributed by atoms with Gasteiger partial charge < -0.3 is 14.4 Å². The van der Waals surface area contributed by atoms with Crippen LogP contribution in [-0.4, -0.2) is 53.8 Å². The first kappa shape index (κ1) is 17.6. The quantitative estimate of drug-likeness (QED) is 0.887. The van der Waals surface area contributed by atoms with Crippen LogP contribution in [0.4, 0.5) is 10.5 Å². The zero-order chi connectivity index (χ0) is 18.0. The van der Waals surface area contributed by atoms with E-state index in [4.69, 9.17) is 9.47 Å². The van der Waals surface area contributed by atoms with Gasteiger partial charge in [-0.3, -0.25) is 15.1 Å². The standard InChI is InChI=1S/C17H21N3O4S/c1-17(2,3)24-16(22)19-13-11-4-5-18-10-12(11)25-14(13)15(21)20-6-8-23-9-7-20/h4-5,10H,6-9H2,1-3H3,(H,19,22). The van der Waals surface area contributed by atoms with Crippen molar-refractivity contribution in [2.24, 2.45) is 0 Å². The summed E-state index contributed by atoms with van der Waals surface area (Å²) < 4.78 is 11.5. The summed E-state index contributed by atoms with van der Waals surface area (Å²) in [6.45, 7) is 7.50. The van der Waals surface area contributed by atoms with Gasteiger partial charge in [0, 0.05) is 30.9 Å². The first-order valence-corrected chi connectivity index (χ1v) is 8.90. The lowest BCUT2D eigenvalue weighted by Crippen LogP contribution is -2.40. The van der Waals surface area contributed by atoms with E-state index in [1.54, 1.807) is 44.1 Å². The number of thiophene rings is 1. The lowest BCUT2D eigenvalue weighted by Gasteiger charge is -2.26. The molecule has 0 aliphatic carbocycles. The van der Waals surface area contributed by atoms with E-state index in [1.807, 2.05) is 0 Å². The molecular weight excluding hydrogens is 342 g/mol. The number of amides is 2. The van der Waals surface area contributed by atoms with E-state index in [-0.39, 0.29) is 5.91 Å². The Hall–Kier alpha value is -2.19. The van der Waals surface area contributed by atoms with Gasteiger partial charge in [0.15, 0.2) is 0 Å². The van der Waals surface area contributed by atoms with Crippen molar-refractivity contribution in [3.63, 3.8) is 0 Å². The summed E-state index contributed by atoms with van der Waals surface area (Å²) in [6, 6.07) is 1.79. The molecular formula is C17H21N3O4S. The molecule has 2 amide bonds. The average Bonchev–Trinajstić information content (AvgIpc) is 2.92. The largest absolute Gasteiger partial charge is 0.444 e. The second-order valence-electron chi connectivity index (χ2n) is 6.71. The van der Waals surface area contributed by atoms with Crippen LogP contribution in [0.25, 0.3) is 10.1 Å². The number of carbonyl (C=O) groups is 2. The number of fused-ring (bicyclic) bond motifs is 1. The van der Waals surface area contributed by atoms with Crippen LogP contribution in [-0.2, 0) is 9.47 Å². The minimum absolute atomic E-state index is 0.115. The number of carbonyl (C=O) groups excluding carboxylic acids is 2. The Morgan fingerprint density at radius 2 is 2.04 bits per heavy atom. The number of hydrogen-bond donors (Lipinski definition) is 1. The van der Waals surface area contributed by atoms with E-state index in [9.17, 15) is 9.59 Å². The number of ether oxygens (including phenoxy) is 2. The summed E-state index contributed by atoms with van der Waals surface area (Å²) in [5, 5.41) is 3.53. The van der Waals surface area contributed by atoms with Crippen LogP contribution in [0.1, 0.15) is 30.4 Å². The normalized spacial score (nSPS) is 15.2. The summed E-state index contributed by atoms with van der Waals surface area (Å²) in [4.78, 5) is 31.5. The average molecular weight is 363 g/mol. The van der Waals surface area contributed by atoms with Crippen LogP contribution >= 0.6 is 11.3 Å². The molecule has 3 rings (SSSR count). The van der Waals surface area contributed by atoms with Gasteiger partial charge in [-0.1, -0.05) is 0 Å². The second kappa shape index (κ2) is 6.97.